The average Bonchev–Trinajstić information content (AvgIpc) is 3.19. The van der Waals surface area contributed by atoms with Crippen LogP contribution in [0.4, 0.5) is 11.4 Å². The van der Waals surface area contributed by atoms with Crippen LogP contribution in [0.2, 0.25) is 0 Å². The first-order valence-corrected chi connectivity index (χ1v) is 8.13. The molecule has 2 rings (SSSR count). The number of nitrogens with one attached hydrogen (secondary N) is 1. The highest BCUT2D eigenvalue weighted by Crippen LogP contribution is 2.32. The topological polar surface area (TPSA) is 89.3 Å². The number of hydrogen-bond acceptors (Lipinski definition) is 5. The Morgan fingerprint density at radius 2 is 2.05 bits per heavy atom. The second-order valence-electron chi connectivity index (χ2n) is 5.35. The Kier molecular flexibility index (Phi) is 3.99. The molecule has 0 spiro atoms. The van der Waals surface area contributed by atoms with Crippen molar-refractivity contribution in [2.45, 2.75) is 36.8 Å². The molecule has 0 saturated heterocycles. The van der Waals surface area contributed by atoms with Gasteiger partial charge in [-0.2, -0.15) is 0 Å². The fraction of sp³-hybridized carbons (Fsp3) is 0.538. The Hall–Kier alpha value is -1.63. The molecule has 0 aliphatic heterocycles. The van der Waals surface area contributed by atoms with Crippen molar-refractivity contribution < 1.29 is 13.3 Å². The zero-order chi connectivity index (χ0) is 14.9. The van der Waals surface area contributed by atoms with E-state index < -0.39 is 20.0 Å². The Bertz CT molecular complexity index is 621. The molecule has 0 aromatic heterocycles. The highest BCUT2D eigenvalue weighted by atomic mass is 32.2. The average molecular weight is 298 g/mol. The molecule has 110 valence electrons. The monoisotopic (exact) mass is 298 g/mol. The summed E-state index contributed by atoms with van der Waals surface area (Å²) in [5, 5.41) is 13.5. The zero-order valence-electron chi connectivity index (χ0n) is 11.5. The summed E-state index contributed by atoms with van der Waals surface area (Å²) < 4.78 is 24.1. The summed E-state index contributed by atoms with van der Waals surface area (Å²) in [4.78, 5) is 10.6. The van der Waals surface area contributed by atoms with E-state index in [1.807, 2.05) is 0 Å². The van der Waals surface area contributed by atoms with E-state index in [2.05, 4.69) is 5.32 Å². The quantitative estimate of drug-likeness (QED) is 0.644. The summed E-state index contributed by atoms with van der Waals surface area (Å²) in [7, 11) is -3.50. The van der Waals surface area contributed by atoms with Gasteiger partial charge in [0.15, 0.2) is 9.84 Å². The third-order valence-electron chi connectivity index (χ3n) is 3.39. The lowest BCUT2D eigenvalue weighted by Crippen LogP contribution is -2.14. The molecule has 0 unspecified atom stereocenters. The van der Waals surface area contributed by atoms with Crippen molar-refractivity contribution >= 4 is 21.2 Å². The summed E-state index contributed by atoms with van der Waals surface area (Å²) >= 11 is 0. The molecule has 0 bridgehead atoms. The van der Waals surface area contributed by atoms with Crippen LogP contribution in [0, 0.1) is 16.0 Å². The molecule has 1 saturated carbocycles. The van der Waals surface area contributed by atoms with Crippen LogP contribution in [0.3, 0.4) is 0 Å². The van der Waals surface area contributed by atoms with Crippen molar-refractivity contribution in [2.75, 3.05) is 11.9 Å². The predicted octanol–water partition coefficient (Wildman–Crippen LogP) is 2.60. The van der Waals surface area contributed by atoms with E-state index in [0.717, 1.165) is 18.9 Å². The summed E-state index contributed by atoms with van der Waals surface area (Å²) in [5.74, 6) is 0.577. The van der Waals surface area contributed by atoms with Crippen LogP contribution in [0.5, 0.6) is 0 Å². The molecule has 1 aliphatic rings. The first-order valence-electron chi connectivity index (χ1n) is 6.58. The van der Waals surface area contributed by atoms with Crippen molar-refractivity contribution in [3.8, 4) is 0 Å². The largest absolute Gasteiger partial charge is 0.379 e. The van der Waals surface area contributed by atoms with Gasteiger partial charge < -0.3 is 5.32 Å². The Balaban J connectivity index is 2.33. The second-order valence-corrected chi connectivity index (χ2v) is 7.86. The van der Waals surface area contributed by atoms with Crippen molar-refractivity contribution in [1.29, 1.82) is 0 Å². The van der Waals surface area contributed by atoms with Crippen LogP contribution >= 0.6 is 0 Å². The molecule has 0 amide bonds. The van der Waals surface area contributed by atoms with Crippen molar-refractivity contribution in [3.05, 3.63) is 28.3 Å². The first-order chi connectivity index (χ1) is 9.32. The lowest BCUT2D eigenvalue weighted by Gasteiger charge is -2.10. The Morgan fingerprint density at radius 3 is 2.55 bits per heavy atom. The molecule has 0 radical (unpaired) electrons. The van der Waals surface area contributed by atoms with Crippen LogP contribution in [-0.4, -0.2) is 25.1 Å². The number of anilines is 1. The lowest BCUT2D eigenvalue weighted by molar-refractivity contribution is -0.384. The third kappa shape index (κ3) is 3.09. The number of nitro benzene ring substituents is 1. The molecule has 20 heavy (non-hydrogen) atoms. The molecule has 1 aromatic rings. The minimum absolute atomic E-state index is 0.00354. The van der Waals surface area contributed by atoms with E-state index in [4.69, 9.17) is 0 Å². The number of sulfone groups is 1. The Morgan fingerprint density at radius 1 is 1.40 bits per heavy atom. The third-order valence-corrected chi connectivity index (χ3v) is 5.55. The number of nitrogens with zero attached hydrogens (tertiary/aromatic N) is 1. The van der Waals surface area contributed by atoms with Gasteiger partial charge in [0.1, 0.15) is 5.69 Å². The molecular weight excluding hydrogens is 280 g/mol. The summed E-state index contributed by atoms with van der Waals surface area (Å²) in [6, 6.07) is 4.05. The van der Waals surface area contributed by atoms with Gasteiger partial charge in [-0.05, 0) is 44.7 Å². The molecule has 0 heterocycles. The molecule has 7 heteroatoms. The maximum atomic E-state index is 12.1. The minimum Gasteiger partial charge on any atom is -0.379 e. The van der Waals surface area contributed by atoms with Gasteiger partial charge in [-0.15, -0.1) is 0 Å². The van der Waals surface area contributed by atoms with Gasteiger partial charge in [-0.25, -0.2) is 8.42 Å². The van der Waals surface area contributed by atoms with Crippen molar-refractivity contribution in [1.82, 2.24) is 0 Å². The predicted molar refractivity (Wildman–Crippen MR) is 76.6 cm³/mol. The second kappa shape index (κ2) is 5.40. The van der Waals surface area contributed by atoms with Gasteiger partial charge in [0.05, 0.1) is 15.1 Å². The maximum absolute atomic E-state index is 12.1. The van der Waals surface area contributed by atoms with Crippen LogP contribution in [-0.2, 0) is 9.84 Å². The zero-order valence-corrected chi connectivity index (χ0v) is 12.3. The van der Waals surface area contributed by atoms with E-state index in [-0.39, 0.29) is 10.6 Å². The smallest absolute Gasteiger partial charge is 0.293 e. The minimum atomic E-state index is -3.50. The van der Waals surface area contributed by atoms with Gasteiger partial charge in [0.2, 0.25) is 0 Å². The summed E-state index contributed by atoms with van der Waals surface area (Å²) in [6.45, 7) is 3.80. The van der Waals surface area contributed by atoms with Crippen LogP contribution in [0.15, 0.2) is 23.1 Å². The number of rotatable bonds is 6. The number of nitro groups is 1. The highest BCUT2D eigenvalue weighted by molar-refractivity contribution is 7.92. The molecular formula is C13H18N2O4S. The molecule has 0 atom stereocenters. The Labute approximate surface area is 118 Å². The fourth-order valence-electron chi connectivity index (χ4n) is 1.84. The summed E-state index contributed by atoms with van der Waals surface area (Å²) in [6.07, 6.45) is 2.28. The SMILES string of the molecule is CC(C)S(=O)(=O)c1ccc(NCC2CC2)c([N+](=O)[O-])c1. The van der Waals surface area contributed by atoms with E-state index in [1.165, 1.54) is 12.1 Å². The van der Waals surface area contributed by atoms with Gasteiger partial charge in [-0.1, -0.05) is 0 Å². The molecule has 1 aliphatic carbocycles. The molecule has 6 nitrogen and oxygen atoms in total. The van der Waals surface area contributed by atoms with Gasteiger partial charge in [0, 0.05) is 12.6 Å². The van der Waals surface area contributed by atoms with Crippen LogP contribution < -0.4 is 5.32 Å². The van der Waals surface area contributed by atoms with Crippen LogP contribution in [0.1, 0.15) is 26.7 Å². The summed E-state index contributed by atoms with van der Waals surface area (Å²) in [5.41, 5.74) is 0.192. The van der Waals surface area contributed by atoms with Crippen molar-refractivity contribution in [2.24, 2.45) is 5.92 Å². The molecule has 1 fully saturated rings. The molecule has 1 aromatic carbocycles. The normalized spacial score (nSPS) is 15.3. The molecule has 1 N–H and O–H groups in total. The van der Waals surface area contributed by atoms with Gasteiger partial charge >= 0.3 is 0 Å². The highest BCUT2D eigenvalue weighted by Gasteiger charge is 2.25. The maximum Gasteiger partial charge on any atom is 0.293 e. The van der Waals surface area contributed by atoms with E-state index in [0.29, 0.717) is 18.2 Å². The number of benzene rings is 1. The fourth-order valence-corrected chi connectivity index (χ4v) is 2.92. The van der Waals surface area contributed by atoms with E-state index in [1.54, 1.807) is 13.8 Å². The first kappa shape index (κ1) is 14.8. The van der Waals surface area contributed by atoms with Gasteiger partial charge in [0.25, 0.3) is 5.69 Å². The van der Waals surface area contributed by atoms with Crippen molar-refractivity contribution in [3.63, 3.8) is 0 Å². The standard InChI is InChI=1S/C13H18N2O4S/c1-9(2)20(18,19)11-5-6-12(13(7-11)15(16)17)14-8-10-3-4-10/h5-7,9-10,14H,3-4,8H2,1-2H3. The van der Waals surface area contributed by atoms with Gasteiger partial charge in [-0.3, -0.25) is 10.1 Å². The number of hydrogen-bond donors (Lipinski definition) is 1. The van der Waals surface area contributed by atoms with Crippen LogP contribution in [0.25, 0.3) is 0 Å². The van der Waals surface area contributed by atoms with E-state index >= 15 is 0 Å². The lowest BCUT2D eigenvalue weighted by atomic mass is 10.2. The van der Waals surface area contributed by atoms with E-state index in [9.17, 15) is 18.5 Å².